The van der Waals surface area contributed by atoms with Gasteiger partial charge in [0.1, 0.15) is 17.1 Å². The second-order valence-electron chi connectivity index (χ2n) is 7.31. The van der Waals surface area contributed by atoms with Crippen LogP contribution >= 0.6 is 11.3 Å². The first-order chi connectivity index (χ1) is 15.0. The minimum atomic E-state index is -0.638. The molecule has 2 unspecified atom stereocenters. The molecular formula is C24H23N3O3S. The van der Waals surface area contributed by atoms with E-state index in [9.17, 15) is 9.59 Å². The lowest BCUT2D eigenvalue weighted by molar-refractivity contribution is 0.414. The highest BCUT2D eigenvalue weighted by Crippen LogP contribution is 2.31. The smallest absolute Gasteiger partial charge is 0.253 e. The molecule has 3 aromatic carbocycles. The van der Waals surface area contributed by atoms with Crippen molar-refractivity contribution in [3.05, 3.63) is 102 Å². The standard InChI is InChI=1S/C24H23N3O3S/c1-14(19-7-4-12-31-19)26-21(15-8-10-18(30-2)11-9-15)16-5-3-6-17(13-16)27-22-20(25)23(28)24(22)29/h3-14,21,26-27H,25H2,1-2H3. The Labute approximate surface area is 184 Å². The van der Waals surface area contributed by atoms with Crippen LogP contribution in [0.1, 0.15) is 35.0 Å². The topological polar surface area (TPSA) is 93.4 Å². The number of methoxy groups -OCH3 is 1. The molecule has 1 heterocycles. The van der Waals surface area contributed by atoms with Gasteiger partial charge in [0.25, 0.3) is 10.9 Å². The van der Waals surface area contributed by atoms with Gasteiger partial charge in [-0.1, -0.05) is 30.3 Å². The Morgan fingerprint density at radius 3 is 2.39 bits per heavy atom. The van der Waals surface area contributed by atoms with Gasteiger partial charge in [0.15, 0.2) is 0 Å². The molecule has 158 valence electrons. The van der Waals surface area contributed by atoms with E-state index in [2.05, 4.69) is 29.0 Å². The van der Waals surface area contributed by atoms with Crippen LogP contribution in [0, 0.1) is 0 Å². The zero-order valence-corrected chi connectivity index (χ0v) is 18.0. The lowest BCUT2D eigenvalue weighted by atomic mass is 9.97. The molecular weight excluding hydrogens is 410 g/mol. The molecule has 0 radical (unpaired) electrons. The maximum Gasteiger partial charge on any atom is 0.253 e. The molecule has 4 aromatic rings. The lowest BCUT2D eigenvalue weighted by Gasteiger charge is -2.25. The van der Waals surface area contributed by atoms with Gasteiger partial charge in [-0.3, -0.25) is 14.9 Å². The van der Waals surface area contributed by atoms with Gasteiger partial charge in [0, 0.05) is 16.6 Å². The number of nitrogen functional groups attached to an aromatic ring is 1. The Morgan fingerprint density at radius 1 is 0.968 bits per heavy atom. The van der Waals surface area contributed by atoms with Crippen molar-refractivity contribution in [1.29, 1.82) is 0 Å². The lowest BCUT2D eigenvalue weighted by Crippen LogP contribution is -2.36. The molecule has 2 atom stereocenters. The molecule has 0 amide bonds. The number of ether oxygens (including phenoxy) is 1. The van der Waals surface area contributed by atoms with Crippen LogP contribution in [0.2, 0.25) is 0 Å². The maximum absolute atomic E-state index is 11.8. The summed E-state index contributed by atoms with van der Waals surface area (Å²) < 4.78 is 5.30. The summed E-state index contributed by atoms with van der Waals surface area (Å²) in [5.41, 5.74) is 7.36. The Hall–Kier alpha value is -3.42. The van der Waals surface area contributed by atoms with Gasteiger partial charge in [0.2, 0.25) is 0 Å². The molecule has 0 saturated heterocycles. The highest BCUT2D eigenvalue weighted by molar-refractivity contribution is 7.10. The van der Waals surface area contributed by atoms with Crippen LogP contribution in [-0.4, -0.2) is 7.11 Å². The molecule has 6 nitrogen and oxygen atoms in total. The monoisotopic (exact) mass is 433 g/mol. The summed E-state index contributed by atoms with van der Waals surface area (Å²) in [6.45, 7) is 2.13. The van der Waals surface area contributed by atoms with Gasteiger partial charge >= 0.3 is 0 Å². The van der Waals surface area contributed by atoms with Crippen LogP contribution in [-0.2, 0) is 0 Å². The van der Waals surface area contributed by atoms with Crippen molar-refractivity contribution in [2.45, 2.75) is 19.0 Å². The molecule has 0 aliphatic carbocycles. The van der Waals surface area contributed by atoms with Gasteiger partial charge < -0.3 is 15.8 Å². The van der Waals surface area contributed by atoms with E-state index in [1.54, 1.807) is 18.4 Å². The number of anilines is 3. The highest BCUT2D eigenvalue weighted by Gasteiger charge is 2.21. The van der Waals surface area contributed by atoms with E-state index in [1.165, 1.54) is 4.88 Å². The van der Waals surface area contributed by atoms with Crippen molar-refractivity contribution in [3.63, 3.8) is 0 Å². The first-order valence-electron chi connectivity index (χ1n) is 9.87. The first-order valence-corrected chi connectivity index (χ1v) is 10.7. The number of hydrogen-bond acceptors (Lipinski definition) is 7. The highest BCUT2D eigenvalue weighted by atomic mass is 32.1. The number of thiophene rings is 1. The molecule has 0 spiro atoms. The number of hydrogen-bond donors (Lipinski definition) is 3. The fourth-order valence-corrected chi connectivity index (χ4v) is 4.27. The van der Waals surface area contributed by atoms with E-state index in [4.69, 9.17) is 10.5 Å². The van der Waals surface area contributed by atoms with Gasteiger partial charge in [-0.25, -0.2) is 0 Å². The average Bonchev–Trinajstić information content (AvgIpc) is 3.35. The van der Waals surface area contributed by atoms with Gasteiger partial charge in [-0.2, -0.15) is 0 Å². The minimum absolute atomic E-state index is 0.0217. The molecule has 31 heavy (non-hydrogen) atoms. The maximum atomic E-state index is 11.8. The molecule has 7 heteroatoms. The van der Waals surface area contributed by atoms with E-state index in [0.29, 0.717) is 5.69 Å². The van der Waals surface area contributed by atoms with Gasteiger partial charge in [-0.05, 0) is 53.8 Å². The molecule has 4 N–H and O–H groups in total. The van der Waals surface area contributed by atoms with Crippen LogP contribution in [0.3, 0.4) is 0 Å². The number of nitrogens with two attached hydrogens (primary N) is 1. The average molecular weight is 434 g/mol. The quantitative estimate of drug-likeness (QED) is 0.362. The Balaban J connectivity index is 1.67. The van der Waals surface area contributed by atoms with Crippen molar-refractivity contribution < 1.29 is 4.74 Å². The van der Waals surface area contributed by atoms with E-state index in [1.807, 2.05) is 54.6 Å². The number of benzene rings is 2. The first kappa shape index (κ1) is 20.8. The van der Waals surface area contributed by atoms with Crippen molar-refractivity contribution >= 4 is 28.4 Å². The molecule has 1 aromatic heterocycles. The summed E-state index contributed by atoms with van der Waals surface area (Å²) >= 11 is 1.71. The third-order valence-electron chi connectivity index (χ3n) is 5.27. The van der Waals surface area contributed by atoms with Crippen molar-refractivity contribution in [3.8, 4) is 5.75 Å². The fourth-order valence-electron chi connectivity index (χ4n) is 3.52. The molecule has 0 fully saturated rings. The molecule has 0 aliphatic heterocycles. The zero-order chi connectivity index (χ0) is 22.0. The Morgan fingerprint density at radius 2 is 1.74 bits per heavy atom. The third-order valence-corrected chi connectivity index (χ3v) is 6.33. The van der Waals surface area contributed by atoms with Crippen molar-refractivity contribution in [2.24, 2.45) is 0 Å². The second kappa shape index (κ2) is 8.75. The van der Waals surface area contributed by atoms with E-state index >= 15 is 0 Å². The molecule has 0 aliphatic rings. The number of nitrogens with one attached hydrogen (secondary N) is 2. The summed E-state index contributed by atoms with van der Waals surface area (Å²) in [5.74, 6) is 0.791. The second-order valence-corrected chi connectivity index (χ2v) is 8.29. The largest absolute Gasteiger partial charge is 0.497 e. The normalized spacial score (nSPS) is 13.1. The third kappa shape index (κ3) is 4.23. The van der Waals surface area contributed by atoms with Gasteiger partial charge in [0.05, 0.1) is 13.2 Å². The minimum Gasteiger partial charge on any atom is -0.497 e. The summed E-state index contributed by atoms with van der Waals surface area (Å²) in [6.07, 6.45) is 0. The Kier molecular flexibility index (Phi) is 5.88. The van der Waals surface area contributed by atoms with Gasteiger partial charge in [-0.15, -0.1) is 11.3 Å². The Bertz CT molecular complexity index is 1240. The molecule has 0 saturated carbocycles. The molecule has 4 rings (SSSR count). The van der Waals surface area contributed by atoms with Crippen LogP contribution in [0.15, 0.2) is 75.6 Å². The predicted octanol–water partition coefficient (Wildman–Crippen LogP) is 4.12. The van der Waals surface area contributed by atoms with Crippen molar-refractivity contribution in [1.82, 2.24) is 5.32 Å². The molecule has 0 bridgehead atoms. The SMILES string of the molecule is COc1ccc(C(NC(C)c2cccs2)c2cccc(Nc3c(N)c(=O)c3=O)c2)cc1. The van der Waals surface area contributed by atoms with E-state index in [-0.39, 0.29) is 23.5 Å². The van der Waals surface area contributed by atoms with E-state index < -0.39 is 10.9 Å². The van der Waals surface area contributed by atoms with Crippen LogP contribution in [0.25, 0.3) is 0 Å². The number of rotatable bonds is 8. The fraction of sp³-hybridized carbons (Fsp3) is 0.167. The summed E-state index contributed by atoms with van der Waals surface area (Å²) in [6, 6.07) is 19.9. The van der Waals surface area contributed by atoms with Crippen LogP contribution in [0.5, 0.6) is 5.75 Å². The summed E-state index contributed by atoms with van der Waals surface area (Å²) in [5, 5.41) is 8.76. The van der Waals surface area contributed by atoms with Crippen LogP contribution < -0.4 is 32.0 Å². The summed E-state index contributed by atoms with van der Waals surface area (Å²) in [7, 11) is 1.64. The zero-order valence-electron chi connectivity index (χ0n) is 17.2. The predicted molar refractivity (Wildman–Crippen MR) is 126 cm³/mol. The van der Waals surface area contributed by atoms with Crippen molar-refractivity contribution in [2.75, 3.05) is 18.2 Å². The van der Waals surface area contributed by atoms with Crippen LogP contribution in [0.4, 0.5) is 17.1 Å². The van der Waals surface area contributed by atoms with E-state index in [0.717, 1.165) is 16.9 Å². The summed E-state index contributed by atoms with van der Waals surface area (Å²) in [4.78, 5) is 24.4.